The summed E-state index contributed by atoms with van der Waals surface area (Å²) in [6, 6.07) is 13.2. The molecule has 2 aromatic carbocycles. The summed E-state index contributed by atoms with van der Waals surface area (Å²) in [5.41, 5.74) is 2.46. The van der Waals surface area contributed by atoms with Gasteiger partial charge in [-0.3, -0.25) is 0 Å². The van der Waals surface area contributed by atoms with Gasteiger partial charge in [-0.2, -0.15) is 5.26 Å². The van der Waals surface area contributed by atoms with E-state index in [1.165, 1.54) is 0 Å². The monoisotopic (exact) mass is 350 g/mol. The third-order valence-corrected chi connectivity index (χ3v) is 3.73. The predicted octanol–water partition coefficient (Wildman–Crippen LogP) is 4.59. The Morgan fingerprint density at radius 2 is 2.10 bits per heavy atom. The van der Waals surface area contributed by atoms with Crippen LogP contribution in [0.25, 0.3) is 0 Å². The zero-order valence-corrected chi connectivity index (χ0v) is 13.1. The average molecular weight is 352 g/mol. The van der Waals surface area contributed by atoms with Crippen molar-refractivity contribution in [3.8, 4) is 11.8 Å². The topological polar surface area (TPSA) is 45.0 Å². The van der Waals surface area contributed by atoms with Crippen LogP contribution in [0.5, 0.6) is 5.75 Å². The van der Waals surface area contributed by atoms with Crippen LogP contribution in [-0.4, -0.2) is 7.11 Å². The average Bonchev–Trinajstić information content (AvgIpc) is 2.45. The van der Waals surface area contributed by atoms with E-state index in [2.05, 4.69) is 21.2 Å². The van der Waals surface area contributed by atoms with E-state index in [1.807, 2.05) is 30.3 Å². The summed E-state index contributed by atoms with van der Waals surface area (Å²) in [5, 5.41) is 12.5. The Balaban J connectivity index is 2.07. The molecular weight excluding hydrogens is 340 g/mol. The smallest absolute Gasteiger partial charge is 0.133 e. The molecular formula is C15H12BrClN2O. The van der Waals surface area contributed by atoms with Crippen LogP contribution in [-0.2, 0) is 6.54 Å². The van der Waals surface area contributed by atoms with Gasteiger partial charge in [0, 0.05) is 12.2 Å². The molecule has 0 heterocycles. The van der Waals surface area contributed by atoms with Gasteiger partial charge in [0.05, 0.1) is 22.2 Å². The maximum Gasteiger partial charge on any atom is 0.133 e. The predicted molar refractivity (Wildman–Crippen MR) is 84.2 cm³/mol. The summed E-state index contributed by atoms with van der Waals surface area (Å²) in [6.07, 6.45) is 0. The van der Waals surface area contributed by atoms with Gasteiger partial charge in [0.1, 0.15) is 11.8 Å². The number of rotatable bonds is 4. The van der Waals surface area contributed by atoms with Gasteiger partial charge < -0.3 is 10.1 Å². The van der Waals surface area contributed by atoms with E-state index >= 15 is 0 Å². The van der Waals surface area contributed by atoms with Crippen molar-refractivity contribution < 1.29 is 4.74 Å². The Morgan fingerprint density at radius 1 is 1.30 bits per heavy atom. The van der Waals surface area contributed by atoms with Crippen molar-refractivity contribution in [2.45, 2.75) is 6.54 Å². The van der Waals surface area contributed by atoms with Crippen LogP contribution in [0, 0.1) is 11.3 Å². The highest BCUT2D eigenvalue weighted by Gasteiger charge is 2.03. The van der Waals surface area contributed by atoms with Crippen LogP contribution in [0.3, 0.4) is 0 Å². The minimum absolute atomic E-state index is 0.452. The van der Waals surface area contributed by atoms with Gasteiger partial charge in [-0.05, 0) is 51.8 Å². The van der Waals surface area contributed by atoms with Gasteiger partial charge in [0.25, 0.3) is 0 Å². The molecule has 2 aromatic rings. The number of nitrogens with one attached hydrogen (secondary N) is 1. The van der Waals surface area contributed by atoms with E-state index in [0.717, 1.165) is 21.5 Å². The number of nitrogens with zero attached hydrogens (tertiary/aromatic N) is 1. The van der Waals surface area contributed by atoms with E-state index in [-0.39, 0.29) is 0 Å². The molecule has 0 aliphatic heterocycles. The zero-order chi connectivity index (χ0) is 14.5. The fourth-order valence-electron chi connectivity index (χ4n) is 1.74. The molecule has 0 unspecified atom stereocenters. The third-order valence-electron chi connectivity index (χ3n) is 2.80. The number of benzene rings is 2. The van der Waals surface area contributed by atoms with Crippen LogP contribution in [0.15, 0.2) is 40.9 Å². The maximum atomic E-state index is 8.83. The molecule has 2 rings (SSSR count). The molecule has 0 aliphatic carbocycles. The van der Waals surface area contributed by atoms with E-state index < -0.39 is 0 Å². The van der Waals surface area contributed by atoms with Crippen molar-refractivity contribution in [3.63, 3.8) is 0 Å². The van der Waals surface area contributed by atoms with Crippen molar-refractivity contribution in [2.24, 2.45) is 0 Å². The van der Waals surface area contributed by atoms with Crippen LogP contribution in [0.4, 0.5) is 5.69 Å². The zero-order valence-electron chi connectivity index (χ0n) is 10.8. The first kappa shape index (κ1) is 14.7. The second-order valence-electron chi connectivity index (χ2n) is 4.13. The molecule has 0 bridgehead atoms. The second-order valence-corrected chi connectivity index (χ2v) is 5.39. The minimum atomic E-state index is 0.452. The van der Waals surface area contributed by atoms with Gasteiger partial charge in [-0.15, -0.1) is 0 Å². The first-order chi connectivity index (χ1) is 9.63. The molecule has 5 heteroatoms. The Kier molecular flexibility index (Phi) is 4.89. The molecule has 20 heavy (non-hydrogen) atoms. The van der Waals surface area contributed by atoms with E-state index in [4.69, 9.17) is 21.6 Å². The fourth-order valence-corrected chi connectivity index (χ4v) is 2.55. The Labute approximate surface area is 131 Å². The lowest BCUT2D eigenvalue weighted by atomic mass is 10.2. The molecule has 1 N–H and O–H groups in total. The molecule has 3 nitrogen and oxygen atoms in total. The van der Waals surface area contributed by atoms with Crippen molar-refractivity contribution in [3.05, 3.63) is 57.0 Å². The molecule has 0 spiro atoms. The fraction of sp³-hybridized carbons (Fsp3) is 0.133. The van der Waals surface area contributed by atoms with Crippen molar-refractivity contribution in [1.29, 1.82) is 5.26 Å². The van der Waals surface area contributed by atoms with Crippen LogP contribution < -0.4 is 10.1 Å². The van der Waals surface area contributed by atoms with E-state index in [0.29, 0.717) is 17.1 Å². The molecule has 0 fully saturated rings. The number of halogens is 2. The summed E-state index contributed by atoms with van der Waals surface area (Å²) >= 11 is 9.44. The molecule has 0 aromatic heterocycles. The summed E-state index contributed by atoms with van der Waals surface area (Å²) < 4.78 is 6.10. The van der Waals surface area contributed by atoms with Gasteiger partial charge in [-0.25, -0.2) is 0 Å². The Morgan fingerprint density at radius 3 is 2.70 bits per heavy atom. The summed E-state index contributed by atoms with van der Waals surface area (Å²) in [4.78, 5) is 0. The molecule has 0 atom stereocenters. The van der Waals surface area contributed by atoms with Crippen LogP contribution in [0.2, 0.25) is 5.02 Å². The number of methoxy groups -OCH3 is 1. The third kappa shape index (κ3) is 3.44. The Bertz CT molecular complexity index is 667. The minimum Gasteiger partial charge on any atom is -0.496 e. The SMILES string of the molecule is COc1ccc(CNc2ccc(C#N)c(Cl)c2)cc1Br. The summed E-state index contributed by atoms with van der Waals surface area (Å²) in [6.45, 7) is 0.658. The largest absolute Gasteiger partial charge is 0.496 e. The molecule has 102 valence electrons. The number of ether oxygens (including phenoxy) is 1. The van der Waals surface area contributed by atoms with Gasteiger partial charge in [0.2, 0.25) is 0 Å². The van der Waals surface area contributed by atoms with E-state index in [1.54, 1.807) is 19.2 Å². The number of anilines is 1. The Hall–Kier alpha value is -1.70. The first-order valence-electron chi connectivity index (χ1n) is 5.90. The van der Waals surface area contributed by atoms with Crippen molar-refractivity contribution >= 4 is 33.2 Å². The van der Waals surface area contributed by atoms with Gasteiger partial charge in [-0.1, -0.05) is 17.7 Å². The van der Waals surface area contributed by atoms with Crippen LogP contribution >= 0.6 is 27.5 Å². The summed E-state index contributed by atoms with van der Waals surface area (Å²) in [5.74, 6) is 0.801. The highest BCUT2D eigenvalue weighted by molar-refractivity contribution is 9.10. The molecule has 0 aliphatic rings. The standard InChI is InChI=1S/C15H12BrClN2O/c1-20-15-5-2-10(6-13(15)16)9-19-12-4-3-11(8-18)14(17)7-12/h2-7,19H,9H2,1H3. The van der Waals surface area contributed by atoms with Gasteiger partial charge >= 0.3 is 0 Å². The van der Waals surface area contributed by atoms with Gasteiger partial charge in [0.15, 0.2) is 0 Å². The molecule has 0 saturated carbocycles. The number of hydrogen-bond acceptors (Lipinski definition) is 3. The van der Waals surface area contributed by atoms with E-state index in [9.17, 15) is 0 Å². The lowest BCUT2D eigenvalue weighted by Crippen LogP contribution is -2.00. The normalized spacial score (nSPS) is 9.90. The van der Waals surface area contributed by atoms with Crippen molar-refractivity contribution in [1.82, 2.24) is 0 Å². The van der Waals surface area contributed by atoms with Crippen LogP contribution in [0.1, 0.15) is 11.1 Å². The maximum absolute atomic E-state index is 8.83. The quantitative estimate of drug-likeness (QED) is 0.876. The lowest BCUT2D eigenvalue weighted by Gasteiger charge is -2.09. The second kappa shape index (κ2) is 6.65. The number of hydrogen-bond donors (Lipinski definition) is 1. The molecule has 0 saturated heterocycles. The summed E-state index contributed by atoms with van der Waals surface area (Å²) in [7, 11) is 1.64. The number of nitriles is 1. The van der Waals surface area contributed by atoms with Crippen molar-refractivity contribution in [2.75, 3.05) is 12.4 Å². The molecule has 0 amide bonds. The first-order valence-corrected chi connectivity index (χ1v) is 7.07. The highest BCUT2D eigenvalue weighted by Crippen LogP contribution is 2.26. The lowest BCUT2D eigenvalue weighted by molar-refractivity contribution is 0.412. The molecule has 0 radical (unpaired) electrons. The highest BCUT2D eigenvalue weighted by atomic mass is 79.9.